The molecule has 0 radical (unpaired) electrons. The van der Waals surface area contributed by atoms with E-state index >= 15 is 0 Å². The maximum absolute atomic E-state index is 13.5. The van der Waals surface area contributed by atoms with E-state index in [-0.39, 0.29) is 24.6 Å². The Kier molecular flexibility index (Phi) is 7.00. The molecule has 3 aromatic rings. The van der Waals surface area contributed by atoms with Gasteiger partial charge in [-0.15, -0.1) is 0 Å². The van der Waals surface area contributed by atoms with Gasteiger partial charge in [0.05, 0.1) is 28.7 Å². The average Bonchev–Trinajstić information content (AvgIpc) is 2.82. The van der Waals surface area contributed by atoms with Crippen LogP contribution in [-0.2, 0) is 14.8 Å². The number of halogens is 1. The SMILES string of the molecule is Cc1ccc(S(=O)(=O)N2C[C@H](C(=O)NCCOc3ccccc3Cl)Oc3ccc(C)cc32)cc1. The van der Waals surface area contributed by atoms with Gasteiger partial charge in [-0.25, -0.2) is 8.42 Å². The van der Waals surface area contributed by atoms with Crippen molar-refractivity contribution in [1.29, 1.82) is 0 Å². The maximum atomic E-state index is 13.5. The Hall–Kier alpha value is -3.23. The van der Waals surface area contributed by atoms with Crippen molar-refractivity contribution in [2.75, 3.05) is 24.0 Å². The molecule has 0 aliphatic carbocycles. The molecular formula is C25H25ClN2O5S. The number of nitrogens with one attached hydrogen (secondary N) is 1. The Labute approximate surface area is 204 Å². The van der Waals surface area contributed by atoms with Gasteiger partial charge in [-0.3, -0.25) is 9.10 Å². The fourth-order valence-electron chi connectivity index (χ4n) is 3.57. The van der Waals surface area contributed by atoms with Crippen LogP contribution in [0.1, 0.15) is 11.1 Å². The molecule has 1 atom stereocenters. The van der Waals surface area contributed by atoms with Crippen LogP contribution >= 0.6 is 11.6 Å². The van der Waals surface area contributed by atoms with E-state index in [1.54, 1.807) is 60.7 Å². The van der Waals surface area contributed by atoms with Gasteiger partial charge in [0.15, 0.2) is 6.10 Å². The fraction of sp³-hybridized carbons (Fsp3) is 0.240. The number of nitrogens with zero attached hydrogens (tertiary/aromatic N) is 1. The first-order valence-electron chi connectivity index (χ1n) is 10.8. The van der Waals surface area contributed by atoms with Crippen LogP contribution in [0.4, 0.5) is 5.69 Å². The number of ether oxygens (including phenoxy) is 2. The van der Waals surface area contributed by atoms with Crippen LogP contribution in [0, 0.1) is 13.8 Å². The number of hydrogen-bond donors (Lipinski definition) is 1. The molecule has 0 bridgehead atoms. The molecule has 1 heterocycles. The van der Waals surface area contributed by atoms with Gasteiger partial charge >= 0.3 is 0 Å². The van der Waals surface area contributed by atoms with Gasteiger partial charge in [0.25, 0.3) is 15.9 Å². The number of carbonyl (C=O) groups is 1. The Morgan fingerprint density at radius 3 is 2.53 bits per heavy atom. The summed E-state index contributed by atoms with van der Waals surface area (Å²) in [6.45, 7) is 4.01. The topological polar surface area (TPSA) is 84.9 Å². The molecule has 1 aliphatic heterocycles. The van der Waals surface area contributed by atoms with E-state index < -0.39 is 22.0 Å². The first-order valence-corrected chi connectivity index (χ1v) is 12.6. The van der Waals surface area contributed by atoms with Gasteiger partial charge in [0.1, 0.15) is 18.1 Å². The van der Waals surface area contributed by atoms with Crippen LogP contribution in [-0.4, -0.2) is 40.1 Å². The third-order valence-corrected chi connectivity index (χ3v) is 7.49. The minimum Gasteiger partial charge on any atom is -0.490 e. The lowest BCUT2D eigenvalue weighted by atomic mass is 10.1. The summed E-state index contributed by atoms with van der Waals surface area (Å²) in [4.78, 5) is 13.0. The van der Waals surface area contributed by atoms with Gasteiger partial charge in [-0.1, -0.05) is 47.5 Å². The smallest absolute Gasteiger partial charge is 0.264 e. The molecule has 0 fully saturated rings. The summed E-state index contributed by atoms with van der Waals surface area (Å²) in [5.41, 5.74) is 2.24. The van der Waals surface area contributed by atoms with Crippen molar-refractivity contribution in [3.63, 3.8) is 0 Å². The van der Waals surface area contributed by atoms with Gasteiger partial charge < -0.3 is 14.8 Å². The summed E-state index contributed by atoms with van der Waals surface area (Å²) in [6, 6.07) is 18.9. The van der Waals surface area contributed by atoms with Crippen molar-refractivity contribution in [2.45, 2.75) is 24.8 Å². The molecule has 3 aromatic carbocycles. The first-order chi connectivity index (χ1) is 16.3. The predicted octanol–water partition coefficient (Wildman–Crippen LogP) is 4.11. The number of anilines is 1. The Bertz CT molecular complexity index is 1290. The van der Waals surface area contributed by atoms with Crippen molar-refractivity contribution in [2.24, 2.45) is 0 Å². The summed E-state index contributed by atoms with van der Waals surface area (Å²) >= 11 is 6.07. The zero-order valence-corrected chi connectivity index (χ0v) is 20.4. The number of benzene rings is 3. The third-order valence-electron chi connectivity index (χ3n) is 5.38. The molecular weight excluding hydrogens is 476 g/mol. The van der Waals surface area contributed by atoms with Crippen molar-refractivity contribution >= 4 is 33.2 Å². The Morgan fingerprint density at radius 2 is 1.79 bits per heavy atom. The van der Waals surface area contributed by atoms with Crippen LogP contribution in [0.15, 0.2) is 71.6 Å². The van der Waals surface area contributed by atoms with Crippen LogP contribution in [0.2, 0.25) is 5.02 Å². The number of amides is 1. The summed E-state index contributed by atoms with van der Waals surface area (Å²) in [7, 11) is -3.91. The largest absolute Gasteiger partial charge is 0.490 e. The third kappa shape index (κ3) is 5.13. The van der Waals surface area contributed by atoms with Gasteiger partial charge in [0, 0.05) is 0 Å². The number of aryl methyl sites for hydroxylation is 2. The normalized spacial score (nSPS) is 15.3. The highest BCUT2D eigenvalue weighted by Crippen LogP contribution is 2.37. The number of hydrogen-bond acceptors (Lipinski definition) is 5. The summed E-state index contributed by atoms with van der Waals surface area (Å²) < 4.78 is 39.7. The second-order valence-corrected chi connectivity index (χ2v) is 10.3. The molecule has 34 heavy (non-hydrogen) atoms. The molecule has 1 aliphatic rings. The molecule has 0 saturated carbocycles. The van der Waals surface area contributed by atoms with E-state index in [0.29, 0.717) is 22.2 Å². The van der Waals surface area contributed by atoms with Gasteiger partial charge in [0.2, 0.25) is 0 Å². The fourth-order valence-corrected chi connectivity index (χ4v) is 5.23. The minimum absolute atomic E-state index is 0.149. The molecule has 7 nitrogen and oxygen atoms in total. The zero-order chi connectivity index (χ0) is 24.3. The summed E-state index contributed by atoms with van der Waals surface area (Å²) in [5, 5.41) is 3.23. The van der Waals surface area contributed by atoms with E-state index in [9.17, 15) is 13.2 Å². The molecule has 1 N–H and O–H groups in total. The van der Waals surface area contributed by atoms with Crippen molar-refractivity contribution in [3.05, 3.63) is 82.9 Å². The minimum atomic E-state index is -3.91. The Morgan fingerprint density at radius 1 is 1.09 bits per heavy atom. The molecule has 4 rings (SSSR count). The van der Waals surface area contributed by atoms with E-state index in [2.05, 4.69) is 5.32 Å². The number of rotatable bonds is 7. The highest BCUT2D eigenvalue weighted by atomic mass is 35.5. The van der Waals surface area contributed by atoms with Gasteiger partial charge in [-0.05, 0) is 55.8 Å². The number of sulfonamides is 1. The lowest BCUT2D eigenvalue weighted by Gasteiger charge is -2.35. The van der Waals surface area contributed by atoms with Crippen molar-refractivity contribution < 1.29 is 22.7 Å². The molecule has 1 amide bonds. The monoisotopic (exact) mass is 500 g/mol. The lowest BCUT2D eigenvalue weighted by molar-refractivity contribution is -0.127. The molecule has 9 heteroatoms. The van der Waals surface area contributed by atoms with Crippen LogP contribution < -0.4 is 19.1 Å². The molecule has 0 spiro atoms. The van der Waals surface area contributed by atoms with E-state index in [1.165, 1.54) is 4.31 Å². The number of para-hydroxylation sites is 1. The van der Waals surface area contributed by atoms with E-state index in [0.717, 1.165) is 11.1 Å². The van der Waals surface area contributed by atoms with Crippen LogP contribution in [0.5, 0.6) is 11.5 Å². The standard InChI is InChI=1S/C25H25ClN2O5S/c1-17-7-10-19(11-8-17)34(30,31)28-16-24(33-23-12-9-18(2)15-21(23)28)25(29)27-13-14-32-22-6-4-3-5-20(22)26/h3-12,15,24H,13-14,16H2,1-2H3,(H,27,29)/t24-/m1/s1. The van der Waals surface area contributed by atoms with Crippen LogP contribution in [0.25, 0.3) is 0 Å². The summed E-state index contributed by atoms with van der Waals surface area (Å²) in [6.07, 6.45) is -1.02. The molecule has 178 valence electrons. The highest BCUT2D eigenvalue weighted by Gasteiger charge is 2.37. The zero-order valence-electron chi connectivity index (χ0n) is 18.8. The molecule has 0 unspecified atom stereocenters. The average molecular weight is 501 g/mol. The summed E-state index contributed by atoms with van der Waals surface area (Å²) in [5.74, 6) is 0.421. The highest BCUT2D eigenvalue weighted by molar-refractivity contribution is 7.92. The van der Waals surface area contributed by atoms with Crippen LogP contribution in [0.3, 0.4) is 0 Å². The second-order valence-electron chi connectivity index (χ2n) is 8.00. The first kappa shape index (κ1) is 23.9. The lowest BCUT2D eigenvalue weighted by Crippen LogP contribution is -2.51. The van der Waals surface area contributed by atoms with Crippen molar-refractivity contribution in [1.82, 2.24) is 5.32 Å². The van der Waals surface area contributed by atoms with E-state index in [4.69, 9.17) is 21.1 Å². The number of carbonyl (C=O) groups excluding carboxylic acids is 1. The molecule has 0 aromatic heterocycles. The van der Waals surface area contributed by atoms with Gasteiger partial charge in [-0.2, -0.15) is 0 Å². The maximum Gasteiger partial charge on any atom is 0.264 e. The quantitative estimate of drug-likeness (QED) is 0.493. The van der Waals surface area contributed by atoms with Crippen molar-refractivity contribution in [3.8, 4) is 11.5 Å². The number of fused-ring (bicyclic) bond motifs is 1. The van der Waals surface area contributed by atoms with E-state index in [1.807, 2.05) is 19.9 Å². The Balaban J connectivity index is 1.50. The molecule has 0 saturated heterocycles. The second kappa shape index (κ2) is 9.95. The predicted molar refractivity (Wildman–Crippen MR) is 131 cm³/mol.